The smallest absolute Gasteiger partial charge is 0.163 e. The summed E-state index contributed by atoms with van der Waals surface area (Å²) >= 11 is 3.26. The Morgan fingerprint density at radius 2 is 1.74 bits per heavy atom. The molecule has 0 aromatic heterocycles. The van der Waals surface area contributed by atoms with Crippen molar-refractivity contribution in [1.82, 2.24) is 0 Å². The Bertz CT molecular complexity index is 296. The summed E-state index contributed by atoms with van der Waals surface area (Å²) in [6, 6.07) is 0. The zero-order valence-corrected chi connectivity index (χ0v) is 12.8. The van der Waals surface area contributed by atoms with Crippen LogP contribution in [0.5, 0.6) is 0 Å². The Morgan fingerprint density at radius 3 is 2.26 bits per heavy atom. The van der Waals surface area contributed by atoms with E-state index in [2.05, 4.69) is 0 Å². The molecule has 4 atom stereocenters. The SMILES string of the molecule is CC1(C)OC[C@@H]([C@@H](O)[C@H](O)[C@H](O)C2SCCCS2)O1. The van der Waals surface area contributed by atoms with Gasteiger partial charge in [0, 0.05) is 0 Å². The summed E-state index contributed by atoms with van der Waals surface area (Å²) in [6.45, 7) is 3.74. The molecule has 0 saturated carbocycles. The average molecular weight is 310 g/mol. The van der Waals surface area contributed by atoms with Crippen LogP contribution in [0.3, 0.4) is 0 Å². The highest BCUT2D eigenvalue weighted by Crippen LogP contribution is 2.35. The molecule has 112 valence electrons. The number of ether oxygens (including phenoxy) is 2. The monoisotopic (exact) mass is 310 g/mol. The summed E-state index contributed by atoms with van der Waals surface area (Å²) in [6.07, 6.45) is -2.80. The van der Waals surface area contributed by atoms with E-state index in [1.165, 1.54) is 0 Å². The molecule has 5 nitrogen and oxygen atoms in total. The van der Waals surface area contributed by atoms with Crippen molar-refractivity contribution >= 4 is 23.5 Å². The number of thioether (sulfide) groups is 2. The maximum absolute atomic E-state index is 10.2. The standard InChI is InChI=1S/C12H22O5S2/c1-12(2)16-6-7(17-12)8(13)9(14)10(15)11-18-4-3-5-19-11/h7-11,13-15H,3-6H2,1-2H3/t7-,8+,9-,10-/m0/s1. The zero-order chi connectivity index (χ0) is 14.0. The normalized spacial score (nSPS) is 33.0. The van der Waals surface area contributed by atoms with Crippen molar-refractivity contribution in [3.05, 3.63) is 0 Å². The molecule has 0 radical (unpaired) electrons. The minimum Gasteiger partial charge on any atom is -0.388 e. The van der Waals surface area contributed by atoms with Crippen molar-refractivity contribution in [2.45, 2.75) is 55.1 Å². The number of aliphatic hydroxyl groups is 3. The van der Waals surface area contributed by atoms with Gasteiger partial charge in [0.1, 0.15) is 24.4 Å². The summed E-state index contributed by atoms with van der Waals surface area (Å²) in [7, 11) is 0. The molecule has 0 unspecified atom stereocenters. The van der Waals surface area contributed by atoms with Crippen LogP contribution in [0.1, 0.15) is 20.3 Å². The third kappa shape index (κ3) is 4.00. The van der Waals surface area contributed by atoms with Crippen LogP contribution in [0, 0.1) is 0 Å². The topological polar surface area (TPSA) is 79.2 Å². The van der Waals surface area contributed by atoms with Crippen LogP contribution in [0.15, 0.2) is 0 Å². The van der Waals surface area contributed by atoms with Gasteiger partial charge in [-0.15, -0.1) is 23.5 Å². The molecule has 0 aliphatic carbocycles. The van der Waals surface area contributed by atoms with Gasteiger partial charge in [0.15, 0.2) is 5.79 Å². The Morgan fingerprint density at radius 1 is 1.11 bits per heavy atom. The van der Waals surface area contributed by atoms with Gasteiger partial charge in [-0.2, -0.15) is 0 Å². The summed E-state index contributed by atoms with van der Waals surface area (Å²) in [4.78, 5) is 0. The highest BCUT2D eigenvalue weighted by molar-refractivity contribution is 8.17. The van der Waals surface area contributed by atoms with Crippen molar-refractivity contribution in [3.63, 3.8) is 0 Å². The summed E-state index contributed by atoms with van der Waals surface area (Å²) < 4.78 is 10.8. The van der Waals surface area contributed by atoms with Crippen LogP contribution in [0.2, 0.25) is 0 Å². The van der Waals surface area contributed by atoms with E-state index < -0.39 is 30.2 Å². The number of hydrogen-bond acceptors (Lipinski definition) is 7. The largest absolute Gasteiger partial charge is 0.388 e. The predicted octanol–water partition coefficient (Wildman–Crippen LogP) is 0.417. The van der Waals surface area contributed by atoms with E-state index in [1.807, 2.05) is 0 Å². The van der Waals surface area contributed by atoms with Crippen LogP contribution in [0.25, 0.3) is 0 Å². The minimum absolute atomic E-state index is 0.0891. The maximum atomic E-state index is 10.2. The molecule has 2 aliphatic rings. The van der Waals surface area contributed by atoms with Gasteiger partial charge in [0.2, 0.25) is 0 Å². The fraction of sp³-hybridized carbons (Fsp3) is 1.00. The number of aliphatic hydroxyl groups excluding tert-OH is 3. The molecule has 0 aromatic carbocycles. The first-order valence-corrected chi connectivity index (χ1v) is 8.60. The molecule has 0 bridgehead atoms. The van der Waals surface area contributed by atoms with Crippen molar-refractivity contribution in [2.75, 3.05) is 18.1 Å². The zero-order valence-electron chi connectivity index (χ0n) is 11.2. The van der Waals surface area contributed by atoms with Gasteiger partial charge in [-0.25, -0.2) is 0 Å². The molecule has 2 rings (SSSR count). The number of hydrogen-bond donors (Lipinski definition) is 3. The Kier molecular flexibility index (Phi) is 5.44. The molecule has 7 heteroatoms. The highest BCUT2D eigenvalue weighted by atomic mass is 32.2. The van der Waals surface area contributed by atoms with Crippen LogP contribution in [0.4, 0.5) is 0 Å². The molecule has 2 fully saturated rings. The van der Waals surface area contributed by atoms with Crippen molar-refractivity contribution in [2.24, 2.45) is 0 Å². The van der Waals surface area contributed by atoms with Crippen molar-refractivity contribution in [1.29, 1.82) is 0 Å². The molecular formula is C12H22O5S2. The molecule has 3 N–H and O–H groups in total. The fourth-order valence-electron chi connectivity index (χ4n) is 2.17. The molecule has 2 aliphatic heterocycles. The number of rotatable bonds is 4. The summed E-state index contributed by atoms with van der Waals surface area (Å²) in [5.74, 6) is 1.21. The van der Waals surface area contributed by atoms with Gasteiger partial charge in [-0.1, -0.05) is 0 Å². The summed E-state index contributed by atoms with van der Waals surface area (Å²) in [5, 5.41) is 30.4. The van der Waals surface area contributed by atoms with Crippen LogP contribution in [-0.4, -0.2) is 68.2 Å². The molecule has 2 saturated heterocycles. The quantitative estimate of drug-likeness (QED) is 0.694. The van der Waals surface area contributed by atoms with E-state index in [9.17, 15) is 15.3 Å². The lowest BCUT2D eigenvalue weighted by molar-refractivity contribution is -0.167. The van der Waals surface area contributed by atoms with Gasteiger partial charge in [0.25, 0.3) is 0 Å². The van der Waals surface area contributed by atoms with E-state index in [-0.39, 0.29) is 11.2 Å². The fourth-order valence-corrected chi connectivity index (χ4v) is 5.12. The van der Waals surface area contributed by atoms with Gasteiger partial charge in [-0.3, -0.25) is 0 Å². The lowest BCUT2D eigenvalue weighted by Crippen LogP contribution is -2.49. The maximum Gasteiger partial charge on any atom is 0.163 e. The lowest BCUT2D eigenvalue weighted by atomic mass is 10.0. The molecule has 2 heterocycles. The van der Waals surface area contributed by atoms with Gasteiger partial charge in [-0.05, 0) is 31.8 Å². The van der Waals surface area contributed by atoms with Crippen LogP contribution in [-0.2, 0) is 9.47 Å². The highest BCUT2D eigenvalue weighted by Gasteiger charge is 2.43. The molecule has 19 heavy (non-hydrogen) atoms. The van der Waals surface area contributed by atoms with Gasteiger partial charge >= 0.3 is 0 Å². The summed E-state index contributed by atoms with van der Waals surface area (Å²) in [5.41, 5.74) is 0. The van der Waals surface area contributed by atoms with E-state index in [0.29, 0.717) is 0 Å². The lowest BCUT2D eigenvalue weighted by Gasteiger charge is -2.32. The molecule has 0 amide bonds. The van der Waals surface area contributed by atoms with Crippen LogP contribution >= 0.6 is 23.5 Å². The average Bonchev–Trinajstić information content (AvgIpc) is 2.77. The first-order valence-electron chi connectivity index (χ1n) is 6.50. The van der Waals surface area contributed by atoms with E-state index >= 15 is 0 Å². The third-order valence-electron chi connectivity index (χ3n) is 3.24. The van der Waals surface area contributed by atoms with Crippen molar-refractivity contribution < 1.29 is 24.8 Å². The predicted molar refractivity (Wildman–Crippen MR) is 76.2 cm³/mol. The first-order chi connectivity index (χ1) is 8.91. The van der Waals surface area contributed by atoms with Gasteiger partial charge in [0.05, 0.1) is 11.2 Å². The Hall–Kier alpha value is 0.500. The third-order valence-corrected chi connectivity index (χ3v) is 6.32. The van der Waals surface area contributed by atoms with Gasteiger partial charge < -0.3 is 24.8 Å². The van der Waals surface area contributed by atoms with Crippen molar-refractivity contribution in [3.8, 4) is 0 Å². The Labute approximate surface area is 122 Å². The van der Waals surface area contributed by atoms with Crippen LogP contribution < -0.4 is 0 Å². The first kappa shape index (κ1) is 15.9. The van der Waals surface area contributed by atoms with E-state index in [1.54, 1.807) is 37.4 Å². The molecule has 0 spiro atoms. The second-order valence-electron chi connectivity index (χ2n) is 5.30. The molecule has 0 aromatic rings. The van der Waals surface area contributed by atoms with E-state index in [4.69, 9.17) is 9.47 Å². The second-order valence-corrected chi connectivity index (χ2v) is 8.10. The molecular weight excluding hydrogens is 288 g/mol. The Balaban J connectivity index is 1.89. The second kappa shape index (κ2) is 6.51. The van der Waals surface area contributed by atoms with E-state index in [0.717, 1.165) is 17.9 Å². The minimum atomic E-state index is -1.22.